The van der Waals surface area contributed by atoms with Gasteiger partial charge in [0.15, 0.2) is 0 Å². The Bertz CT molecular complexity index is 516. The van der Waals surface area contributed by atoms with Gasteiger partial charge in [-0.1, -0.05) is 25.0 Å². The molecule has 4 heteroatoms. The summed E-state index contributed by atoms with van der Waals surface area (Å²) in [6.45, 7) is 5.36. The van der Waals surface area contributed by atoms with Crippen molar-refractivity contribution in [2.24, 2.45) is 5.92 Å². The molecule has 1 aromatic carbocycles. The molecule has 0 bridgehead atoms. The van der Waals surface area contributed by atoms with Gasteiger partial charge in [-0.15, -0.1) is 0 Å². The van der Waals surface area contributed by atoms with Crippen molar-refractivity contribution in [2.75, 3.05) is 39.8 Å². The lowest BCUT2D eigenvalue weighted by molar-refractivity contribution is -0.0620. The van der Waals surface area contributed by atoms with E-state index >= 15 is 0 Å². The number of piperazine rings is 1. The number of aliphatic hydroxyl groups is 1. The highest BCUT2D eigenvalue weighted by Gasteiger charge is 2.39. The maximum atomic E-state index is 13.5. The number of halogens is 1. The number of hydrogen-bond acceptors (Lipinski definition) is 3. The molecule has 0 radical (unpaired) electrons. The topological polar surface area (TPSA) is 26.7 Å². The number of hydrogen-bond donors (Lipinski definition) is 1. The van der Waals surface area contributed by atoms with Crippen LogP contribution in [0.1, 0.15) is 31.2 Å². The minimum absolute atomic E-state index is 0.211. The Balaban J connectivity index is 1.67. The van der Waals surface area contributed by atoms with Crippen molar-refractivity contribution >= 4 is 0 Å². The first-order valence-electron chi connectivity index (χ1n) is 8.93. The Morgan fingerprint density at radius 1 is 1.22 bits per heavy atom. The van der Waals surface area contributed by atoms with Crippen molar-refractivity contribution in [1.29, 1.82) is 0 Å². The van der Waals surface area contributed by atoms with Crippen molar-refractivity contribution in [3.05, 3.63) is 35.6 Å². The van der Waals surface area contributed by atoms with E-state index in [0.717, 1.165) is 57.5 Å². The second-order valence-electron chi connectivity index (χ2n) is 7.46. The van der Waals surface area contributed by atoms with Crippen LogP contribution in [0.3, 0.4) is 0 Å². The smallest absolute Gasteiger partial charge is 0.123 e. The first-order valence-corrected chi connectivity index (χ1v) is 8.93. The molecule has 1 aliphatic heterocycles. The first kappa shape index (κ1) is 16.9. The molecule has 3 nitrogen and oxygen atoms in total. The third-order valence-corrected chi connectivity index (χ3v) is 5.65. The summed E-state index contributed by atoms with van der Waals surface area (Å²) >= 11 is 0. The predicted molar refractivity (Wildman–Crippen MR) is 90.9 cm³/mol. The van der Waals surface area contributed by atoms with Gasteiger partial charge in [-0.05, 0) is 37.6 Å². The molecule has 23 heavy (non-hydrogen) atoms. The third-order valence-electron chi connectivity index (χ3n) is 5.65. The summed E-state index contributed by atoms with van der Waals surface area (Å²) in [5.74, 6) is 0.0838. The minimum Gasteiger partial charge on any atom is -0.389 e. The van der Waals surface area contributed by atoms with Crippen LogP contribution in [-0.4, -0.2) is 60.3 Å². The Kier molecular flexibility index (Phi) is 5.34. The SMILES string of the molecule is CN1CCN(CC2CCCCC2(O)Cc2cccc(F)c2)CC1. The summed E-state index contributed by atoms with van der Waals surface area (Å²) in [5, 5.41) is 11.3. The van der Waals surface area contributed by atoms with Crippen LogP contribution in [0.5, 0.6) is 0 Å². The molecule has 1 N–H and O–H groups in total. The van der Waals surface area contributed by atoms with E-state index in [2.05, 4.69) is 16.8 Å². The van der Waals surface area contributed by atoms with Crippen molar-refractivity contribution in [2.45, 2.75) is 37.7 Å². The lowest BCUT2D eigenvalue weighted by Crippen LogP contribution is -2.52. The van der Waals surface area contributed by atoms with Crippen LogP contribution >= 0.6 is 0 Å². The molecule has 2 atom stereocenters. The average Bonchev–Trinajstić information content (AvgIpc) is 2.52. The predicted octanol–water partition coefficient (Wildman–Crippen LogP) is 2.54. The van der Waals surface area contributed by atoms with Gasteiger partial charge in [0.2, 0.25) is 0 Å². The highest BCUT2D eigenvalue weighted by atomic mass is 19.1. The van der Waals surface area contributed by atoms with Crippen LogP contribution in [0, 0.1) is 11.7 Å². The van der Waals surface area contributed by atoms with Gasteiger partial charge in [-0.3, -0.25) is 0 Å². The molecule has 2 unspecified atom stereocenters. The van der Waals surface area contributed by atoms with Gasteiger partial charge in [0.05, 0.1) is 5.60 Å². The molecular formula is C19H29FN2O. The van der Waals surface area contributed by atoms with Crippen LogP contribution in [0.15, 0.2) is 24.3 Å². The summed E-state index contributed by atoms with van der Waals surface area (Å²) in [6, 6.07) is 6.71. The molecule has 1 saturated heterocycles. The molecule has 1 aliphatic carbocycles. The quantitative estimate of drug-likeness (QED) is 0.923. The Hall–Kier alpha value is -0.970. The first-order chi connectivity index (χ1) is 11.0. The second kappa shape index (κ2) is 7.29. The molecule has 1 saturated carbocycles. The van der Waals surface area contributed by atoms with E-state index in [0.29, 0.717) is 12.3 Å². The molecule has 0 spiro atoms. The monoisotopic (exact) mass is 320 g/mol. The lowest BCUT2D eigenvalue weighted by atomic mass is 9.72. The Labute approximate surface area is 139 Å². The third kappa shape index (κ3) is 4.31. The summed E-state index contributed by atoms with van der Waals surface area (Å²) < 4.78 is 13.5. The van der Waals surface area contributed by atoms with Gasteiger partial charge in [0.1, 0.15) is 5.82 Å². The van der Waals surface area contributed by atoms with Crippen molar-refractivity contribution < 1.29 is 9.50 Å². The Morgan fingerprint density at radius 3 is 2.74 bits per heavy atom. The van der Waals surface area contributed by atoms with Crippen LogP contribution in [0.25, 0.3) is 0 Å². The largest absolute Gasteiger partial charge is 0.389 e. The summed E-state index contributed by atoms with van der Waals surface area (Å²) in [5.41, 5.74) is 0.229. The zero-order valence-electron chi connectivity index (χ0n) is 14.2. The van der Waals surface area contributed by atoms with E-state index in [1.807, 2.05) is 6.07 Å². The van der Waals surface area contributed by atoms with Crippen LogP contribution < -0.4 is 0 Å². The van der Waals surface area contributed by atoms with Gasteiger partial charge < -0.3 is 14.9 Å². The fraction of sp³-hybridized carbons (Fsp3) is 0.684. The second-order valence-corrected chi connectivity index (χ2v) is 7.46. The lowest BCUT2D eigenvalue weighted by Gasteiger charge is -2.44. The number of nitrogens with zero attached hydrogens (tertiary/aromatic N) is 2. The average molecular weight is 320 g/mol. The summed E-state index contributed by atoms with van der Waals surface area (Å²) in [6.07, 6.45) is 4.76. The van der Waals surface area contributed by atoms with E-state index in [9.17, 15) is 9.50 Å². The highest BCUT2D eigenvalue weighted by Crippen LogP contribution is 2.37. The zero-order chi connectivity index (χ0) is 16.3. The van der Waals surface area contributed by atoms with Gasteiger partial charge >= 0.3 is 0 Å². The van der Waals surface area contributed by atoms with E-state index in [4.69, 9.17) is 0 Å². The van der Waals surface area contributed by atoms with Crippen LogP contribution in [-0.2, 0) is 6.42 Å². The minimum atomic E-state index is -0.685. The van der Waals surface area contributed by atoms with Crippen LogP contribution in [0.4, 0.5) is 4.39 Å². The van der Waals surface area contributed by atoms with Crippen LogP contribution in [0.2, 0.25) is 0 Å². The van der Waals surface area contributed by atoms with Gasteiger partial charge in [-0.2, -0.15) is 0 Å². The molecule has 2 aliphatic rings. The van der Waals surface area contributed by atoms with Gasteiger partial charge in [0.25, 0.3) is 0 Å². The van der Waals surface area contributed by atoms with Crippen molar-refractivity contribution in [1.82, 2.24) is 9.80 Å². The number of benzene rings is 1. The maximum Gasteiger partial charge on any atom is 0.123 e. The standard InChI is InChI=1S/C19H29FN2O/c1-21-9-11-22(12-10-21)15-17-6-2-3-8-19(17,23)14-16-5-4-7-18(20)13-16/h4-5,7,13,17,23H,2-3,6,8-12,14-15H2,1H3. The molecule has 1 heterocycles. The van der Waals surface area contributed by atoms with E-state index in [-0.39, 0.29) is 5.82 Å². The summed E-state index contributed by atoms with van der Waals surface area (Å²) in [4.78, 5) is 4.85. The van der Waals surface area contributed by atoms with Gasteiger partial charge in [-0.25, -0.2) is 4.39 Å². The van der Waals surface area contributed by atoms with Crippen molar-refractivity contribution in [3.63, 3.8) is 0 Å². The molecule has 128 valence electrons. The normalized spacial score (nSPS) is 30.5. The van der Waals surface area contributed by atoms with E-state index < -0.39 is 5.60 Å². The molecule has 0 aromatic heterocycles. The zero-order valence-corrected chi connectivity index (χ0v) is 14.2. The Morgan fingerprint density at radius 2 is 2.00 bits per heavy atom. The van der Waals surface area contributed by atoms with Gasteiger partial charge in [0, 0.05) is 45.1 Å². The van der Waals surface area contributed by atoms with E-state index in [1.165, 1.54) is 12.5 Å². The molecule has 0 amide bonds. The molecule has 2 fully saturated rings. The fourth-order valence-corrected chi connectivity index (χ4v) is 4.13. The number of likely N-dealkylation sites (N-methyl/N-ethyl adjacent to an activating group) is 1. The molecular weight excluding hydrogens is 291 g/mol. The number of rotatable bonds is 4. The van der Waals surface area contributed by atoms with Crippen molar-refractivity contribution in [3.8, 4) is 0 Å². The summed E-state index contributed by atoms with van der Waals surface area (Å²) in [7, 11) is 2.16. The van der Waals surface area contributed by atoms with E-state index in [1.54, 1.807) is 12.1 Å². The molecule has 1 aromatic rings. The molecule has 3 rings (SSSR count). The fourth-order valence-electron chi connectivity index (χ4n) is 4.13. The highest BCUT2D eigenvalue weighted by molar-refractivity contribution is 5.19. The maximum absolute atomic E-state index is 13.5.